The Bertz CT molecular complexity index is 3280. The predicted molar refractivity (Wildman–Crippen MR) is 320 cm³/mol. The summed E-state index contributed by atoms with van der Waals surface area (Å²) in [5.41, 5.74) is 13.1. The van der Waals surface area contributed by atoms with Gasteiger partial charge >= 0.3 is 0 Å². The summed E-state index contributed by atoms with van der Waals surface area (Å²) in [6, 6.07) is 60.6. The number of benzene rings is 6. The number of aryl methyl sites for hydroxylation is 2. The second kappa shape index (κ2) is 23.7. The Morgan fingerprint density at radius 2 is 0.823 bits per heavy atom. The molecular weight excluding hydrogens is 1060 g/mol. The Labute approximate surface area is 482 Å². The van der Waals surface area contributed by atoms with Gasteiger partial charge in [0.15, 0.2) is 0 Å². The summed E-state index contributed by atoms with van der Waals surface area (Å²) in [5, 5.41) is 17.7. The summed E-state index contributed by atoms with van der Waals surface area (Å²) in [4.78, 5) is 15.3. The molecule has 2 fully saturated rings. The number of piperidine rings is 2. The lowest BCUT2D eigenvalue weighted by Gasteiger charge is -2.42. The molecule has 0 bridgehead atoms. The zero-order valence-corrected chi connectivity index (χ0v) is 47.8. The third-order valence-corrected chi connectivity index (χ3v) is 18.5. The number of likely N-dealkylation sites (tertiary alicyclic amines) is 2. The highest BCUT2D eigenvalue weighted by atomic mass is 35.5. The molecule has 2 unspecified atom stereocenters. The number of thiazole rings is 2. The van der Waals surface area contributed by atoms with Crippen molar-refractivity contribution in [3.63, 3.8) is 0 Å². The normalized spacial score (nSPS) is 16.5. The molecular formula is C66H64Cl2N8OS2. The average Bonchev–Trinajstić information content (AvgIpc) is 4.35. The van der Waals surface area contributed by atoms with Gasteiger partial charge in [0.1, 0.15) is 12.2 Å². The van der Waals surface area contributed by atoms with Crippen LogP contribution in [0.3, 0.4) is 0 Å². The van der Waals surface area contributed by atoms with Gasteiger partial charge in [-0.15, -0.1) is 22.7 Å². The van der Waals surface area contributed by atoms with E-state index in [9.17, 15) is 0 Å². The molecule has 13 heteroatoms. The molecule has 400 valence electrons. The number of halogens is 2. The zero-order chi connectivity index (χ0) is 53.8. The van der Waals surface area contributed by atoms with Crippen LogP contribution in [0.4, 0.5) is 0 Å². The van der Waals surface area contributed by atoms with E-state index < -0.39 is 12.2 Å². The van der Waals surface area contributed by atoms with E-state index >= 15 is 0 Å². The van der Waals surface area contributed by atoms with Crippen LogP contribution in [0.1, 0.15) is 115 Å². The summed E-state index contributed by atoms with van der Waals surface area (Å²) < 4.78 is 11.6. The van der Waals surface area contributed by atoms with Crippen molar-refractivity contribution in [3.05, 3.63) is 280 Å². The third kappa shape index (κ3) is 11.7. The molecule has 2 atom stereocenters. The molecule has 0 radical (unpaired) electrons. The smallest absolute Gasteiger partial charge is 0.127 e. The highest BCUT2D eigenvalue weighted by molar-refractivity contribution is 7.09. The minimum atomic E-state index is -0.612. The second-order valence-electron chi connectivity index (χ2n) is 21.4. The number of aromatic nitrogens is 6. The first-order valence-corrected chi connectivity index (χ1v) is 30.0. The summed E-state index contributed by atoms with van der Waals surface area (Å²) in [5.74, 6) is 0. The fraction of sp³-hybridized carbons (Fsp3) is 0.273. The quantitative estimate of drug-likeness (QED) is 0.0847. The maximum Gasteiger partial charge on any atom is 0.127 e. The second-order valence-corrected chi connectivity index (χ2v) is 24.4. The first kappa shape index (κ1) is 53.1. The van der Waals surface area contributed by atoms with E-state index in [2.05, 4.69) is 179 Å². The zero-order valence-electron chi connectivity index (χ0n) is 44.7. The summed E-state index contributed by atoms with van der Waals surface area (Å²) in [7, 11) is 0. The lowest BCUT2D eigenvalue weighted by Crippen LogP contribution is -2.43. The average molecular weight is 1120 g/mol. The van der Waals surface area contributed by atoms with Crippen molar-refractivity contribution < 1.29 is 4.74 Å². The van der Waals surface area contributed by atoms with Gasteiger partial charge in [0.05, 0.1) is 45.9 Å². The lowest BCUT2D eigenvalue weighted by molar-refractivity contribution is 0.0257. The van der Waals surface area contributed by atoms with Gasteiger partial charge in [0.25, 0.3) is 0 Å². The van der Waals surface area contributed by atoms with Crippen molar-refractivity contribution in [3.8, 4) is 0 Å². The Morgan fingerprint density at radius 1 is 0.468 bits per heavy atom. The van der Waals surface area contributed by atoms with Gasteiger partial charge in [-0.05, 0) is 147 Å². The van der Waals surface area contributed by atoms with Crippen LogP contribution in [-0.2, 0) is 41.7 Å². The maximum atomic E-state index is 7.56. The standard InChI is InChI=1S/C66H64Cl2N8OS2/c1-47-69-61(45-78-47)63(59-39-55(67)25-23-49(59)41-75-33-27-57(71-75)43-73-35-29-65(30-36-73,51-15-7-3-8-16-51)52-17-9-4-10-18-52)77-64(62-46-79-48(2)70-62)60-40-56(68)26-24-50(60)42-76-34-28-58(72-76)44-74-37-31-66(32-38-74,53-19-11-5-12-20-53)54-21-13-6-14-22-54/h3-28,33-34,39-40,45-46,63-64H,29-32,35-38,41-44H2,1-2H3. The van der Waals surface area contributed by atoms with Gasteiger partial charge in [0.2, 0.25) is 0 Å². The molecule has 0 N–H and O–H groups in total. The number of rotatable bonds is 18. The van der Waals surface area contributed by atoms with Crippen LogP contribution in [0.15, 0.2) is 193 Å². The molecule has 12 rings (SSSR count). The SMILES string of the molecule is Cc1nc(C(OC(c2csc(C)n2)c2cc(Cl)ccc2Cn2ccc(CN3CCC(c4ccccc4)(c4ccccc4)CC3)n2)c2cc(Cl)ccc2Cn2ccc(CN3CCC(c4ccccc4)(c4ccccc4)CC3)n2)cs1. The highest BCUT2D eigenvalue weighted by Crippen LogP contribution is 2.45. The number of ether oxygens (including phenoxy) is 1. The topological polar surface area (TPSA) is 77.1 Å². The molecule has 0 amide bonds. The summed E-state index contributed by atoms with van der Waals surface area (Å²) in [6.45, 7) is 10.6. The van der Waals surface area contributed by atoms with Gasteiger partial charge < -0.3 is 4.74 Å². The van der Waals surface area contributed by atoms with E-state index in [1.807, 2.05) is 47.5 Å². The molecule has 79 heavy (non-hydrogen) atoms. The molecule has 0 saturated carbocycles. The first-order chi connectivity index (χ1) is 38.7. The fourth-order valence-electron chi connectivity index (χ4n) is 12.3. The third-order valence-electron chi connectivity index (χ3n) is 16.4. The predicted octanol–water partition coefficient (Wildman–Crippen LogP) is 15.1. The van der Waals surface area contributed by atoms with Crippen molar-refractivity contribution in [1.82, 2.24) is 39.3 Å². The Hall–Kier alpha value is -6.54. The monoisotopic (exact) mass is 1120 g/mol. The number of hydrogen-bond donors (Lipinski definition) is 0. The summed E-state index contributed by atoms with van der Waals surface area (Å²) in [6.07, 6.45) is 7.13. The first-order valence-electron chi connectivity index (χ1n) is 27.4. The van der Waals surface area contributed by atoms with Crippen molar-refractivity contribution in [2.45, 2.75) is 88.7 Å². The Morgan fingerprint density at radius 3 is 1.15 bits per heavy atom. The largest absolute Gasteiger partial charge is 0.353 e. The molecule has 2 aliphatic heterocycles. The molecule has 9 nitrogen and oxygen atoms in total. The number of nitrogens with zero attached hydrogens (tertiary/aromatic N) is 8. The molecule has 6 aromatic carbocycles. The van der Waals surface area contributed by atoms with Crippen LogP contribution in [0, 0.1) is 13.8 Å². The Balaban J connectivity index is 0.781. The van der Waals surface area contributed by atoms with Crippen LogP contribution >= 0.6 is 45.9 Å². The maximum absolute atomic E-state index is 7.56. The molecule has 0 spiro atoms. The van der Waals surface area contributed by atoms with E-state index in [1.165, 1.54) is 22.3 Å². The van der Waals surface area contributed by atoms with Crippen LogP contribution < -0.4 is 0 Å². The molecule has 0 aliphatic carbocycles. The van der Waals surface area contributed by atoms with E-state index in [0.717, 1.165) is 120 Å². The minimum absolute atomic E-state index is 0.0108. The molecule has 4 aromatic heterocycles. The van der Waals surface area contributed by atoms with Gasteiger partial charge in [-0.1, -0.05) is 157 Å². The van der Waals surface area contributed by atoms with Crippen LogP contribution in [0.25, 0.3) is 0 Å². The van der Waals surface area contributed by atoms with E-state index in [4.69, 9.17) is 48.1 Å². The van der Waals surface area contributed by atoms with Gasteiger partial charge in [0, 0.05) is 57.1 Å². The van der Waals surface area contributed by atoms with E-state index in [0.29, 0.717) is 23.1 Å². The van der Waals surface area contributed by atoms with Gasteiger partial charge in [-0.3, -0.25) is 19.2 Å². The van der Waals surface area contributed by atoms with Crippen LogP contribution in [0.2, 0.25) is 10.0 Å². The van der Waals surface area contributed by atoms with Gasteiger partial charge in [-0.2, -0.15) is 10.2 Å². The minimum Gasteiger partial charge on any atom is -0.353 e. The molecule has 6 heterocycles. The van der Waals surface area contributed by atoms with E-state index in [1.54, 1.807) is 22.7 Å². The molecule has 2 aliphatic rings. The Kier molecular flexibility index (Phi) is 15.9. The molecule has 2 saturated heterocycles. The lowest BCUT2D eigenvalue weighted by atomic mass is 9.68. The van der Waals surface area contributed by atoms with Gasteiger partial charge in [-0.25, -0.2) is 9.97 Å². The molecule has 10 aromatic rings. The van der Waals surface area contributed by atoms with Crippen molar-refractivity contribution in [2.75, 3.05) is 26.2 Å². The number of hydrogen-bond acceptors (Lipinski definition) is 9. The van der Waals surface area contributed by atoms with Crippen molar-refractivity contribution in [2.24, 2.45) is 0 Å². The van der Waals surface area contributed by atoms with Crippen LogP contribution in [0.5, 0.6) is 0 Å². The van der Waals surface area contributed by atoms with Crippen molar-refractivity contribution in [1.29, 1.82) is 0 Å². The van der Waals surface area contributed by atoms with E-state index in [-0.39, 0.29) is 10.8 Å². The summed E-state index contributed by atoms with van der Waals surface area (Å²) >= 11 is 17.1. The fourth-order valence-corrected chi connectivity index (χ4v) is 13.9. The van der Waals surface area contributed by atoms with Crippen LogP contribution in [-0.4, -0.2) is 65.5 Å². The highest BCUT2D eigenvalue weighted by Gasteiger charge is 2.39. The van der Waals surface area contributed by atoms with Crippen molar-refractivity contribution >= 4 is 45.9 Å².